The maximum absolute atomic E-state index is 12.2. The van der Waals surface area contributed by atoms with Crippen molar-refractivity contribution in [2.24, 2.45) is 0 Å². The molecule has 1 aromatic heterocycles. The van der Waals surface area contributed by atoms with Crippen LogP contribution in [0.5, 0.6) is 0 Å². The smallest absolute Gasteiger partial charge is 0.257 e. The van der Waals surface area contributed by atoms with Gasteiger partial charge in [0.15, 0.2) is 4.34 Å². The van der Waals surface area contributed by atoms with E-state index < -0.39 is 0 Å². The van der Waals surface area contributed by atoms with E-state index in [2.05, 4.69) is 27.6 Å². The van der Waals surface area contributed by atoms with E-state index in [4.69, 9.17) is 0 Å². The highest BCUT2D eigenvalue weighted by molar-refractivity contribution is 8.00. The second-order valence-corrected chi connectivity index (χ2v) is 7.91. The summed E-state index contributed by atoms with van der Waals surface area (Å²) in [4.78, 5) is 13.5. The third-order valence-corrected chi connectivity index (χ3v) is 6.06. The van der Waals surface area contributed by atoms with Crippen LogP contribution in [0.3, 0.4) is 0 Å². The van der Waals surface area contributed by atoms with Crippen LogP contribution in [0, 0.1) is 0 Å². The van der Waals surface area contributed by atoms with Crippen molar-refractivity contribution in [3.63, 3.8) is 0 Å². The quantitative estimate of drug-likeness (QED) is 0.497. The van der Waals surface area contributed by atoms with E-state index in [1.54, 1.807) is 11.8 Å². The minimum Gasteiger partial charge on any atom is -0.296 e. The molecular weight excluding hydrogens is 358 g/mol. The lowest BCUT2D eigenvalue weighted by Crippen LogP contribution is -2.11. The van der Waals surface area contributed by atoms with Gasteiger partial charge in [-0.1, -0.05) is 53.4 Å². The fourth-order valence-corrected chi connectivity index (χ4v) is 3.99. The van der Waals surface area contributed by atoms with E-state index in [9.17, 15) is 4.79 Å². The van der Waals surface area contributed by atoms with Gasteiger partial charge < -0.3 is 0 Å². The number of carbonyl (C=O) groups excluding carboxylic acids is 1. The summed E-state index contributed by atoms with van der Waals surface area (Å²) in [5, 5.41) is 11.2. The number of nitrogens with one attached hydrogen (secondary N) is 1. The number of amides is 1. The summed E-state index contributed by atoms with van der Waals surface area (Å²) in [6.45, 7) is 0. The lowest BCUT2D eigenvalue weighted by atomic mass is 10.1. The highest BCUT2D eigenvalue weighted by Crippen LogP contribution is 2.24. The first-order chi connectivity index (χ1) is 11.7. The zero-order valence-electron chi connectivity index (χ0n) is 12.9. The van der Waals surface area contributed by atoms with Gasteiger partial charge in [0.25, 0.3) is 5.91 Å². The normalized spacial score (nSPS) is 10.5. The lowest BCUT2D eigenvalue weighted by Gasteiger charge is -2.04. The van der Waals surface area contributed by atoms with Crippen molar-refractivity contribution < 1.29 is 4.79 Å². The molecule has 1 heterocycles. The first-order valence-electron chi connectivity index (χ1n) is 7.20. The summed E-state index contributed by atoms with van der Waals surface area (Å²) in [7, 11) is 0. The molecule has 0 unspecified atom stereocenters. The second kappa shape index (κ2) is 8.32. The predicted molar refractivity (Wildman–Crippen MR) is 102 cm³/mol. The van der Waals surface area contributed by atoms with Gasteiger partial charge in [-0.3, -0.25) is 10.1 Å². The van der Waals surface area contributed by atoms with Crippen LogP contribution < -0.4 is 5.32 Å². The molecule has 0 aliphatic heterocycles. The van der Waals surface area contributed by atoms with Gasteiger partial charge in [-0.05, 0) is 36.1 Å². The summed E-state index contributed by atoms with van der Waals surface area (Å²) in [6.07, 6.45) is 1.93. The molecule has 0 atom stereocenters. The Morgan fingerprint density at radius 3 is 2.50 bits per heavy atom. The zero-order chi connectivity index (χ0) is 16.8. The van der Waals surface area contributed by atoms with Gasteiger partial charge >= 0.3 is 0 Å². The highest BCUT2D eigenvalue weighted by Gasteiger charge is 2.10. The molecule has 0 saturated carbocycles. The van der Waals surface area contributed by atoms with Crippen molar-refractivity contribution in [2.75, 3.05) is 11.6 Å². The third kappa shape index (κ3) is 4.59. The number of carbonyl (C=O) groups is 1. The molecule has 7 heteroatoms. The first kappa shape index (κ1) is 17.0. The van der Waals surface area contributed by atoms with Crippen molar-refractivity contribution in [1.82, 2.24) is 10.2 Å². The Bertz CT molecular complexity index is 803. The number of rotatable bonds is 6. The Balaban J connectivity index is 1.58. The molecule has 0 radical (unpaired) electrons. The Kier molecular flexibility index (Phi) is 5.90. The number of hydrogen-bond donors (Lipinski definition) is 1. The van der Waals surface area contributed by atoms with Crippen molar-refractivity contribution >= 4 is 45.9 Å². The average Bonchev–Trinajstić information content (AvgIpc) is 3.09. The number of benzene rings is 2. The summed E-state index contributed by atoms with van der Waals surface area (Å²) in [5.41, 5.74) is 1.80. The summed E-state index contributed by atoms with van der Waals surface area (Å²) in [5.74, 6) is 0.709. The molecular formula is C17H15N3OS3. The first-order valence-corrected chi connectivity index (χ1v) is 10.2. The SMILES string of the molecule is CSc1nnc(NC(=O)c2ccc(CSc3ccccc3)cc2)s1. The maximum Gasteiger partial charge on any atom is 0.257 e. The van der Waals surface area contributed by atoms with Crippen LogP contribution in [-0.4, -0.2) is 22.4 Å². The van der Waals surface area contributed by atoms with Gasteiger partial charge in [0, 0.05) is 16.2 Å². The Morgan fingerprint density at radius 2 is 1.83 bits per heavy atom. The molecule has 0 fully saturated rings. The van der Waals surface area contributed by atoms with Gasteiger partial charge in [-0.15, -0.1) is 22.0 Å². The highest BCUT2D eigenvalue weighted by atomic mass is 32.2. The topological polar surface area (TPSA) is 54.9 Å². The molecule has 0 aliphatic rings. The minimum absolute atomic E-state index is 0.166. The van der Waals surface area contributed by atoms with Crippen LogP contribution in [0.4, 0.5) is 5.13 Å². The number of anilines is 1. The number of thioether (sulfide) groups is 2. The van der Waals surface area contributed by atoms with Crippen molar-refractivity contribution in [3.05, 3.63) is 65.7 Å². The maximum atomic E-state index is 12.2. The summed E-state index contributed by atoms with van der Waals surface area (Å²) < 4.78 is 0.832. The van der Waals surface area contributed by atoms with Crippen molar-refractivity contribution in [1.29, 1.82) is 0 Å². The van der Waals surface area contributed by atoms with Crippen molar-refractivity contribution in [2.45, 2.75) is 15.0 Å². The van der Waals surface area contributed by atoms with Gasteiger partial charge in [0.1, 0.15) is 0 Å². The summed E-state index contributed by atoms with van der Waals surface area (Å²) in [6, 6.07) is 17.9. The van der Waals surface area contributed by atoms with Gasteiger partial charge in [-0.25, -0.2) is 0 Å². The standard InChI is InChI=1S/C17H15N3OS3/c1-22-17-20-19-16(24-17)18-15(21)13-9-7-12(8-10-13)11-23-14-5-3-2-4-6-14/h2-10H,11H2,1H3,(H,18,19,21). The fraction of sp³-hybridized carbons (Fsp3) is 0.118. The average molecular weight is 374 g/mol. The minimum atomic E-state index is -0.166. The molecule has 0 saturated heterocycles. The van der Waals surface area contributed by atoms with E-state index >= 15 is 0 Å². The molecule has 0 aliphatic carbocycles. The molecule has 1 amide bonds. The van der Waals surface area contributed by atoms with E-state index in [-0.39, 0.29) is 5.91 Å². The number of aromatic nitrogens is 2. The molecule has 122 valence electrons. The largest absolute Gasteiger partial charge is 0.296 e. The number of nitrogens with zero attached hydrogens (tertiary/aromatic N) is 2. The van der Waals surface area contributed by atoms with Crippen molar-refractivity contribution in [3.8, 4) is 0 Å². The van der Waals surface area contributed by atoms with Crippen LogP contribution in [0.2, 0.25) is 0 Å². The Hall–Kier alpha value is -1.83. The molecule has 0 bridgehead atoms. The monoisotopic (exact) mass is 373 g/mol. The second-order valence-electron chi connectivity index (χ2n) is 4.83. The Morgan fingerprint density at radius 1 is 1.08 bits per heavy atom. The fourth-order valence-electron chi connectivity index (χ4n) is 1.95. The number of hydrogen-bond acceptors (Lipinski definition) is 6. The van der Waals surface area contributed by atoms with E-state index in [1.807, 2.05) is 48.7 Å². The van der Waals surface area contributed by atoms with Crippen LogP contribution in [-0.2, 0) is 5.75 Å². The lowest BCUT2D eigenvalue weighted by molar-refractivity contribution is 0.102. The van der Waals surface area contributed by atoms with Gasteiger partial charge in [0.05, 0.1) is 0 Å². The molecule has 2 aromatic carbocycles. The van der Waals surface area contributed by atoms with E-state index in [1.165, 1.54) is 33.6 Å². The molecule has 3 rings (SSSR count). The molecule has 3 aromatic rings. The van der Waals surface area contributed by atoms with Gasteiger partial charge in [0.2, 0.25) is 5.13 Å². The van der Waals surface area contributed by atoms with Crippen LogP contribution >= 0.6 is 34.9 Å². The van der Waals surface area contributed by atoms with Crippen LogP contribution in [0.25, 0.3) is 0 Å². The molecule has 0 spiro atoms. The van der Waals surface area contributed by atoms with E-state index in [0.29, 0.717) is 10.7 Å². The molecule has 4 nitrogen and oxygen atoms in total. The van der Waals surface area contributed by atoms with Crippen LogP contribution in [0.15, 0.2) is 63.8 Å². The molecule has 24 heavy (non-hydrogen) atoms. The summed E-state index contributed by atoms with van der Waals surface area (Å²) >= 11 is 4.66. The van der Waals surface area contributed by atoms with Gasteiger partial charge in [-0.2, -0.15) is 0 Å². The molecule has 1 N–H and O–H groups in total. The third-order valence-electron chi connectivity index (χ3n) is 3.17. The zero-order valence-corrected chi connectivity index (χ0v) is 15.4. The predicted octanol–water partition coefficient (Wildman–Crippen LogP) is 4.80. The van der Waals surface area contributed by atoms with Crippen LogP contribution in [0.1, 0.15) is 15.9 Å². The Labute approximate surface area is 153 Å². The van der Waals surface area contributed by atoms with E-state index in [0.717, 1.165) is 10.1 Å².